The SMILES string of the molecule is NC(=O)c1ccccc1CC(=O)N1CC[C@@H]1C(=O)Nc1nc(-c2ccc(C(=O)NC3CC3)cc2)cs1. The van der Waals surface area contributed by atoms with Crippen LogP contribution >= 0.6 is 11.3 Å². The first-order valence-corrected chi connectivity index (χ1v) is 12.6. The molecule has 2 heterocycles. The van der Waals surface area contributed by atoms with Gasteiger partial charge in [0.25, 0.3) is 5.91 Å². The summed E-state index contributed by atoms with van der Waals surface area (Å²) in [5.41, 5.74) is 8.38. The molecular formula is C26H25N5O4S. The fourth-order valence-corrected chi connectivity index (χ4v) is 4.80. The van der Waals surface area contributed by atoms with Crippen molar-refractivity contribution in [2.75, 3.05) is 11.9 Å². The third-order valence-corrected chi connectivity index (χ3v) is 7.11. The minimum atomic E-state index is -0.591. The van der Waals surface area contributed by atoms with E-state index < -0.39 is 11.9 Å². The van der Waals surface area contributed by atoms with E-state index in [0.717, 1.165) is 18.4 Å². The summed E-state index contributed by atoms with van der Waals surface area (Å²) in [4.78, 5) is 55.5. The molecule has 5 rings (SSSR count). The van der Waals surface area contributed by atoms with Crippen LogP contribution < -0.4 is 16.4 Å². The monoisotopic (exact) mass is 503 g/mol. The lowest BCUT2D eigenvalue weighted by Gasteiger charge is -2.39. The number of amides is 4. The Morgan fingerprint density at radius 3 is 2.44 bits per heavy atom. The summed E-state index contributed by atoms with van der Waals surface area (Å²) in [5.74, 6) is -1.20. The van der Waals surface area contributed by atoms with E-state index in [0.29, 0.717) is 46.5 Å². The molecule has 0 spiro atoms. The van der Waals surface area contributed by atoms with Crippen LogP contribution in [0, 0.1) is 0 Å². The quantitative estimate of drug-likeness (QED) is 0.434. The predicted octanol–water partition coefficient (Wildman–Crippen LogP) is 2.58. The Balaban J connectivity index is 1.18. The maximum absolute atomic E-state index is 12.8. The molecule has 0 radical (unpaired) electrons. The topological polar surface area (TPSA) is 134 Å². The lowest BCUT2D eigenvalue weighted by atomic mass is 9.98. The van der Waals surface area contributed by atoms with Crippen LogP contribution in [0.4, 0.5) is 5.13 Å². The zero-order valence-electron chi connectivity index (χ0n) is 19.4. The molecule has 1 aromatic heterocycles. The van der Waals surface area contributed by atoms with Crippen LogP contribution in [-0.2, 0) is 16.0 Å². The van der Waals surface area contributed by atoms with Crippen LogP contribution in [0.15, 0.2) is 53.9 Å². The van der Waals surface area contributed by atoms with Gasteiger partial charge in [-0.2, -0.15) is 0 Å². The molecule has 36 heavy (non-hydrogen) atoms. The van der Waals surface area contributed by atoms with E-state index in [1.165, 1.54) is 16.2 Å². The molecule has 1 saturated heterocycles. The zero-order valence-corrected chi connectivity index (χ0v) is 20.2. The average molecular weight is 504 g/mol. The first-order chi connectivity index (χ1) is 17.4. The highest BCUT2D eigenvalue weighted by Gasteiger charge is 2.38. The molecule has 4 amide bonds. The highest BCUT2D eigenvalue weighted by atomic mass is 32.1. The van der Waals surface area contributed by atoms with Gasteiger partial charge in [0, 0.05) is 34.7 Å². The number of aromatic nitrogens is 1. The fraction of sp³-hybridized carbons (Fsp3) is 0.269. The Labute approximate surface area is 211 Å². The van der Waals surface area contributed by atoms with Crippen molar-refractivity contribution in [1.29, 1.82) is 0 Å². The van der Waals surface area contributed by atoms with Crippen LogP contribution in [0.2, 0.25) is 0 Å². The van der Waals surface area contributed by atoms with E-state index in [4.69, 9.17) is 5.73 Å². The fourth-order valence-electron chi connectivity index (χ4n) is 4.08. The average Bonchev–Trinajstić information content (AvgIpc) is 3.53. The minimum absolute atomic E-state index is 0.00102. The Kier molecular flexibility index (Phi) is 6.51. The molecule has 10 heteroatoms. The van der Waals surface area contributed by atoms with Crippen LogP contribution in [0.3, 0.4) is 0 Å². The predicted molar refractivity (Wildman–Crippen MR) is 135 cm³/mol. The number of likely N-dealkylation sites (tertiary alicyclic amines) is 1. The number of hydrogen-bond donors (Lipinski definition) is 3. The van der Waals surface area contributed by atoms with E-state index in [1.807, 2.05) is 17.5 Å². The Bertz CT molecular complexity index is 1330. The lowest BCUT2D eigenvalue weighted by Crippen LogP contribution is -2.57. The number of carbonyl (C=O) groups excluding carboxylic acids is 4. The number of thiazole rings is 1. The molecule has 1 aliphatic carbocycles. The normalized spacial score (nSPS) is 16.7. The second-order valence-electron chi connectivity index (χ2n) is 8.94. The van der Waals surface area contributed by atoms with E-state index in [2.05, 4.69) is 15.6 Å². The third kappa shape index (κ3) is 5.13. The van der Waals surface area contributed by atoms with Crippen molar-refractivity contribution < 1.29 is 19.2 Å². The molecule has 2 aromatic carbocycles. The van der Waals surface area contributed by atoms with E-state index in [9.17, 15) is 19.2 Å². The maximum atomic E-state index is 12.8. The highest BCUT2D eigenvalue weighted by molar-refractivity contribution is 7.14. The van der Waals surface area contributed by atoms with Gasteiger partial charge in [-0.15, -0.1) is 11.3 Å². The van der Waals surface area contributed by atoms with Crippen molar-refractivity contribution in [2.45, 2.75) is 37.8 Å². The van der Waals surface area contributed by atoms with Gasteiger partial charge in [-0.1, -0.05) is 30.3 Å². The second-order valence-corrected chi connectivity index (χ2v) is 9.80. The number of hydrogen-bond acceptors (Lipinski definition) is 6. The van der Waals surface area contributed by atoms with Gasteiger partial charge in [0.05, 0.1) is 12.1 Å². The van der Waals surface area contributed by atoms with E-state index in [-0.39, 0.29) is 24.1 Å². The summed E-state index contributed by atoms with van der Waals surface area (Å²) in [6, 6.07) is 13.6. The second kappa shape index (κ2) is 9.90. The molecule has 1 atom stereocenters. The van der Waals surface area contributed by atoms with Crippen molar-refractivity contribution in [3.8, 4) is 11.3 Å². The maximum Gasteiger partial charge on any atom is 0.251 e. The largest absolute Gasteiger partial charge is 0.366 e. The first kappa shape index (κ1) is 23.7. The summed E-state index contributed by atoms with van der Waals surface area (Å²) < 4.78 is 0. The molecule has 0 bridgehead atoms. The summed E-state index contributed by atoms with van der Waals surface area (Å²) >= 11 is 1.29. The Hall–Kier alpha value is -4.05. The summed E-state index contributed by atoms with van der Waals surface area (Å²) in [7, 11) is 0. The number of anilines is 1. The third-order valence-electron chi connectivity index (χ3n) is 6.36. The van der Waals surface area contributed by atoms with Crippen LogP contribution in [0.25, 0.3) is 11.3 Å². The highest BCUT2D eigenvalue weighted by Crippen LogP contribution is 2.27. The van der Waals surface area contributed by atoms with Crippen LogP contribution in [0.5, 0.6) is 0 Å². The number of nitrogens with two attached hydrogens (primary N) is 1. The Morgan fingerprint density at radius 2 is 1.78 bits per heavy atom. The van der Waals surface area contributed by atoms with Crippen LogP contribution in [0.1, 0.15) is 45.5 Å². The number of primary amides is 1. The molecule has 1 aliphatic heterocycles. The van der Waals surface area contributed by atoms with Crippen molar-refractivity contribution in [2.24, 2.45) is 5.73 Å². The lowest BCUT2D eigenvalue weighted by molar-refractivity contribution is -0.144. The molecule has 1 saturated carbocycles. The molecule has 3 aromatic rings. The van der Waals surface area contributed by atoms with Gasteiger partial charge >= 0.3 is 0 Å². The van der Waals surface area contributed by atoms with E-state index >= 15 is 0 Å². The molecular weight excluding hydrogens is 478 g/mol. The molecule has 0 unspecified atom stereocenters. The number of carbonyl (C=O) groups is 4. The minimum Gasteiger partial charge on any atom is -0.366 e. The number of benzene rings is 2. The summed E-state index contributed by atoms with van der Waals surface area (Å²) in [5, 5.41) is 8.03. The van der Waals surface area contributed by atoms with Gasteiger partial charge < -0.3 is 21.3 Å². The first-order valence-electron chi connectivity index (χ1n) is 11.7. The van der Waals surface area contributed by atoms with Gasteiger partial charge in [-0.3, -0.25) is 19.2 Å². The van der Waals surface area contributed by atoms with Gasteiger partial charge in [0.15, 0.2) is 5.13 Å². The molecule has 4 N–H and O–H groups in total. The molecule has 9 nitrogen and oxygen atoms in total. The summed E-state index contributed by atoms with van der Waals surface area (Å²) in [6.07, 6.45) is 2.62. The van der Waals surface area contributed by atoms with Crippen molar-refractivity contribution >= 4 is 40.1 Å². The van der Waals surface area contributed by atoms with Gasteiger partial charge in [-0.05, 0) is 43.0 Å². The molecule has 2 aliphatic rings. The molecule has 184 valence electrons. The number of rotatable bonds is 8. The van der Waals surface area contributed by atoms with E-state index in [1.54, 1.807) is 36.4 Å². The van der Waals surface area contributed by atoms with Crippen molar-refractivity contribution in [3.63, 3.8) is 0 Å². The molecule has 2 fully saturated rings. The number of nitrogens with one attached hydrogen (secondary N) is 2. The zero-order chi connectivity index (χ0) is 25.2. The number of nitrogens with zero attached hydrogens (tertiary/aromatic N) is 2. The van der Waals surface area contributed by atoms with Gasteiger partial charge in [0.2, 0.25) is 17.7 Å². The van der Waals surface area contributed by atoms with Crippen molar-refractivity contribution in [1.82, 2.24) is 15.2 Å². The van der Waals surface area contributed by atoms with Gasteiger partial charge in [-0.25, -0.2) is 4.98 Å². The standard InChI is InChI=1S/C26H25N5O4S/c27-23(33)19-4-2-1-3-17(19)13-22(32)31-12-11-21(31)25(35)30-26-29-20(14-36-26)15-5-7-16(8-6-15)24(34)28-18-9-10-18/h1-8,14,18,21H,9-13H2,(H2,27,33)(H,28,34)(H,29,30,35)/t21-/m1/s1. The Morgan fingerprint density at radius 1 is 1.03 bits per heavy atom. The van der Waals surface area contributed by atoms with Crippen molar-refractivity contribution in [3.05, 3.63) is 70.6 Å². The van der Waals surface area contributed by atoms with Crippen LogP contribution in [-0.4, -0.2) is 52.1 Å². The van der Waals surface area contributed by atoms with Gasteiger partial charge in [0.1, 0.15) is 6.04 Å². The smallest absolute Gasteiger partial charge is 0.251 e. The summed E-state index contributed by atoms with van der Waals surface area (Å²) in [6.45, 7) is 0.472.